The Hall–Kier alpha value is -1.89. The molecule has 1 aliphatic heterocycles. The van der Waals surface area contributed by atoms with Gasteiger partial charge >= 0.3 is 0 Å². The summed E-state index contributed by atoms with van der Waals surface area (Å²) in [7, 11) is -3.42. The lowest BCUT2D eigenvalue weighted by Crippen LogP contribution is -2.39. The lowest BCUT2D eigenvalue weighted by molar-refractivity contribution is 0.529. The highest BCUT2D eigenvalue weighted by Crippen LogP contribution is 2.33. The molecule has 0 amide bonds. The maximum absolute atomic E-state index is 13.0. The quantitative estimate of drug-likeness (QED) is 0.567. The van der Waals surface area contributed by atoms with Gasteiger partial charge in [0.25, 0.3) is 0 Å². The molecule has 146 valence electrons. The van der Waals surface area contributed by atoms with Crippen LogP contribution in [-0.2, 0) is 9.84 Å². The van der Waals surface area contributed by atoms with Gasteiger partial charge in [0.05, 0.1) is 20.9 Å². The van der Waals surface area contributed by atoms with Crippen LogP contribution in [0.15, 0.2) is 58.8 Å². The third-order valence-electron chi connectivity index (χ3n) is 5.10. The van der Waals surface area contributed by atoms with Crippen LogP contribution in [0.5, 0.6) is 0 Å². The minimum Gasteiger partial charge on any atom is -0.348 e. The summed E-state index contributed by atoms with van der Waals surface area (Å²) in [5.41, 5.74) is 3.28. The first kappa shape index (κ1) is 19.4. The van der Waals surface area contributed by atoms with Crippen LogP contribution >= 0.6 is 22.9 Å². The number of piperidine rings is 1. The first-order valence-corrected chi connectivity index (χ1v) is 12.0. The third-order valence-corrected chi connectivity index (χ3v) is 8.76. The van der Waals surface area contributed by atoms with Crippen LogP contribution in [0, 0.1) is 6.92 Å². The second-order valence-corrected chi connectivity index (χ2v) is 10.5. The molecule has 0 unspecified atom stereocenters. The normalized spacial score (nSPS) is 15.7. The molecule has 1 saturated heterocycles. The summed E-state index contributed by atoms with van der Waals surface area (Å²) in [6, 6.07) is 15.0. The van der Waals surface area contributed by atoms with Crippen LogP contribution in [0.2, 0.25) is 5.02 Å². The van der Waals surface area contributed by atoms with Crippen molar-refractivity contribution in [3.05, 3.63) is 64.5 Å². The Kier molecular flexibility index (Phi) is 5.45. The van der Waals surface area contributed by atoms with Gasteiger partial charge in [-0.2, -0.15) is 0 Å². The average Bonchev–Trinajstić information content (AvgIpc) is 3.19. The van der Waals surface area contributed by atoms with E-state index in [1.54, 1.807) is 35.6 Å². The van der Waals surface area contributed by atoms with Gasteiger partial charge in [-0.25, -0.2) is 13.4 Å². The molecule has 0 saturated carbocycles. The molecule has 0 aliphatic carbocycles. The van der Waals surface area contributed by atoms with E-state index in [1.807, 2.05) is 6.07 Å². The molecule has 4 rings (SSSR count). The maximum Gasteiger partial charge on any atom is 0.185 e. The molecule has 0 N–H and O–H groups in total. The van der Waals surface area contributed by atoms with Crippen molar-refractivity contribution >= 4 is 37.9 Å². The summed E-state index contributed by atoms with van der Waals surface area (Å²) < 4.78 is 25.9. The van der Waals surface area contributed by atoms with Gasteiger partial charge in [0.1, 0.15) is 0 Å². The van der Waals surface area contributed by atoms with Crippen molar-refractivity contribution in [2.45, 2.75) is 29.9 Å². The van der Waals surface area contributed by atoms with E-state index in [1.165, 1.54) is 5.56 Å². The van der Waals surface area contributed by atoms with Gasteiger partial charge in [0.2, 0.25) is 0 Å². The number of hydrogen-bond donors (Lipinski definition) is 0. The molecule has 0 spiro atoms. The van der Waals surface area contributed by atoms with Crippen molar-refractivity contribution in [3.8, 4) is 11.3 Å². The molecule has 0 radical (unpaired) electrons. The minimum atomic E-state index is -3.42. The Morgan fingerprint density at radius 3 is 2.57 bits per heavy atom. The molecule has 0 bridgehead atoms. The zero-order chi connectivity index (χ0) is 19.7. The van der Waals surface area contributed by atoms with Gasteiger partial charge in [0.15, 0.2) is 15.0 Å². The van der Waals surface area contributed by atoms with Crippen LogP contribution < -0.4 is 4.90 Å². The molecular weight excluding hydrogens is 412 g/mol. The number of sulfone groups is 1. The van der Waals surface area contributed by atoms with Crippen molar-refractivity contribution in [1.82, 2.24) is 4.98 Å². The molecule has 2 heterocycles. The van der Waals surface area contributed by atoms with Gasteiger partial charge < -0.3 is 4.90 Å². The van der Waals surface area contributed by atoms with Crippen LogP contribution in [0.3, 0.4) is 0 Å². The Morgan fingerprint density at radius 1 is 1.11 bits per heavy atom. The highest BCUT2D eigenvalue weighted by atomic mass is 35.5. The zero-order valence-electron chi connectivity index (χ0n) is 15.5. The Balaban J connectivity index is 1.47. The summed E-state index contributed by atoms with van der Waals surface area (Å²) in [4.78, 5) is 7.20. The van der Waals surface area contributed by atoms with E-state index in [0.29, 0.717) is 31.0 Å². The fraction of sp³-hybridized carbons (Fsp3) is 0.286. The number of thiazole rings is 1. The summed E-state index contributed by atoms with van der Waals surface area (Å²) in [5.74, 6) is 0. The molecule has 0 atom stereocenters. The molecule has 7 heteroatoms. The number of aromatic nitrogens is 1. The first-order valence-electron chi connectivity index (χ1n) is 9.21. The van der Waals surface area contributed by atoms with Gasteiger partial charge in [-0.1, -0.05) is 47.5 Å². The molecule has 3 aromatic rings. The number of benzene rings is 2. The van der Waals surface area contributed by atoms with Gasteiger partial charge in [0, 0.05) is 24.0 Å². The van der Waals surface area contributed by atoms with E-state index >= 15 is 0 Å². The van der Waals surface area contributed by atoms with Crippen molar-refractivity contribution in [2.24, 2.45) is 0 Å². The summed E-state index contributed by atoms with van der Waals surface area (Å²) >= 11 is 7.74. The number of rotatable bonds is 4. The fourth-order valence-corrected chi connectivity index (χ4v) is 6.70. The zero-order valence-corrected chi connectivity index (χ0v) is 17.9. The van der Waals surface area contributed by atoms with Crippen molar-refractivity contribution < 1.29 is 8.42 Å². The van der Waals surface area contributed by atoms with E-state index in [9.17, 15) is 8.42 Å². The highest BCUT2D eigenvalue weighted by Gasteiger charge is 2.33. The maximum atomic E-state index is 13.0. The number of anilines is 1. The van der Waals surface area contributed by atoms with Crippen LogP contribution in [0.4, 0.5) is 5.13 Å². The average molecular weight is 433 g/mol. The summed E-state index contributed by atoms with van der Waals surface area (Å²) in [5, 5.41) is 2.91. The molecular formula is C21H21ClN2O2S2. The van der Waals surface area contributed by atoms with E-state index in [0.717, 1.165) is 16.4 Å². The second kappa shape index (κ2) is 7.85. The lowest BCUT2D eigenvalue weighted by atomic mass is 10.1. The SMILES string of the molecule is Cc1cccc(-c2csc(N3CCC(S(=O)(=O)c4ccccc4Cl)CC3)n2)c1. The van der Waals surface area contributed by atoms with Gasteiger partial charge in [-0.15, -0.1) is 11.3 Å². The summed E-state index contributed by atoms with van der Waals surface area (Å²) in [6.45, 7) is 3.42. The number of hydrogen-bond acceptors (Lipinski definition) is 5. The molecule has 28 heavy (non-hydrogen) atoms. The van der Waals surface area contributed by atoms with Crippen LogP contribution in [0.1, 0.15) is 18.4 Å². The molecule has 4 nitrogen and oxygen atoms in total. The molecule has 1 aliphatic rings. The predicted octanol–water partition coefficient (Wildman–Crippen LogP) is 5.21. The number of aryl methyl sites for hydroxylation is 1. The number of nitrogens with zero attached hydrogens (tertiary/aromatic N) is 2. The highest BCUT2D eigenvalue weighted by molar-refractivity contribution is 7.92. The molecule has 1 fully saturated rings. The first-order chi connectivity index (χ1) is 13.4. The van der Waals surface area contributed by atoms with Crippen molar-refractivity contribution in [1.29, 1.82) is 0 Å². The smallest absolute Gasteiger partial charge is 0.185 e. The Morgan fingerprint density at radius 2 is 1.86 bits per heavy atom. The number of halogens is 1. The van der Waals surface area contributed by atoms with Gasteiger partial charge in [-0.3, -0.25) is 0 Å². The van der Waals surface area contributed by atoms with E-state index < -0.39 is 15.1 Å². The van der Waals surface area contributed by atoms with E-state index in [4.69, 9.17) is 16.6 Å². The Bertz CT molecular complexity index is 1090. The second-order valence-electron chi connectivity index (χ2n) is 7.05. The van der Waals surface area contributed by atoms with Crippen LogP contribution in [0.25, 0.3) is 11.3 Å². The summed E-state index contributed by atoms with van der Waals surface area (Å²) in [6.07, 6.45) is 1.15. The topological polar surface area (TPSA) is 50.3 Å². The lowest BCUT2D eigenvalue weighted by Gasteiger charge is -2.31. The Labute approximate surface area is 174 Å². The predicted molar refractivity (Wildman–Crippen MR) is 116 cm³/mol. The van der Waals surface area contributed by atoms with E-state index in [-0.39, 0.29) is 4.90 Å². The standard InChI is InChI=1S/C21H21ClN2O2S2/c1-15-5-4-6-16(13-15)19-14-27-21(23-19)24-11-9-17(10-12-24)28(25,26)20-8-3-2-7-18(20)22/h2-8,13-14,17H,9-12H2,1H3. The monoisotopic (exact) mass is 432 g/mol. The molecule has 2 aromatic carbocycles. The minimum absolute atomic E-state index is 0.242. The molecule has 1 aromatic heterocycles. The van der Waals surface area contributed by atoms with Crippen LogP contribution in [-0.4, -0.2) is 31.7 Å². The van der Waals surface area contributed by atoms with Crippen molar-refractivity contribution in [3.63, 3.8) is 0 Å². The largest absolute Gasteiger partial charge is 0.348 e. The third kappa shape index (κ3) is 3.81. The fourth-order valence-electron chi connectivity index (χ4n) is 3.56. The van der Waals surface area contributed by atoms with Crippen molar-refractivity contribution in [2.75, 3.05) is 18.0 Å². The van der Waals surface area contributed by atoms with E-state index in [2.05, 4.69) is 35.4 Å². The van der Waals surface area contributed by atoms with Gasteiger partial charge in [-0.05, 0) is 38.0 Å².